The Kier molecular flexibility index (Phi) is 5.81. The van der Waals surface area contributed by atoms with Crippen LogP contribution in [-0.4, -0.2) is 15.9 Å². The normalized spacial score (nSPS) is 10.8. The zero-order valence-electron chi connectivity index (χ0n) is 14.9. The summed E-state index contributed by atoms with van der Waals surface area (Å²) in [6.45, 7) is 4.93. The minimum Gasteiger partial charge on any atom is -0.342 e. The van der Waals surface area contributed by atoms with Crippen LogP contribution in [0.25, 0.3) is 0 Å². The first-order chi connectivity index (χ1) is 12.6. The Balaban J connectivity index is 1.59. The van der Waals surface area contributed by atoms with Crippen LogP contribution in [0.2, 0.25) is 0 Å². The lowest BCUT2D eigenvalue weighted by Crippen LogP contribution is -2.24. The highest BCUT2D eigenvalue weighted by molar-refractivity contribution is 7.80. The summed E-state index contributed by atoms with van der Waals surface area (Å²) in [4.78, 5) is 0. The Morgan fingerprint density at radius 1 is 1.04 bits per heavy atom. The molecule has 2 aromatic carbocycles. The first kappa shape index (κ1) is 17.9. The quantitative estimate of drug-likeness (QED) is 0.400. The lowest BCUT2D eigenvalue weighted by Gasteiger charge is -2.10. The fourth-order valence-electron chi connectivity index (χ4n) is 2.60. The molecule has 0 unspecified atom stereocenters. The molecule has 3 rings (SSSR count). The minimum absolute atomic E-state index is 0.465. The van der Waals surface area contributed by atoms with Gasteiger partial charge in [-0.25, -0.2) is 0 Å². The Bertz CT molecular complexity index is 910. The van der Waals surface area contributed by atoms with Crippen molar-refractivity contribution in [3.05, 3.63) is 89.2 Å². The van der Waals surface area contributed by atoms with Gasteiger partial charge in [0.1, 0.15) is 0 Å². The molecule has 1 heterocycles. The Hall–Kier alpha value is -2.92. The number of aryl methyl sites for hydroxylation is 2. The van der Waals surface area contributed by atoms with Gasteiger partial charge in [0.2, 0.25) is 0 Å². The number of anilines is 1. The highest BCUT2D eigenvalue weighted by atomic mass is 32.1. The molecular weight excluding hydrogens is 340 g/mol. The van der Waals surface area contributed by atoms with Crippen molar-refractivity contribution in [2.24, 2.45) is 5.10 Å². The molecule has 0 aliphatic rings. The SMILES string of the molecule is Cc1ccc(Cn2cccc2/C=N\NC(=S)Nc2ccccc2C)cc1. The van der Waals surface area contributed by atoms with Crippen molar-refractivity contribution in [1.29, 1.82) is 0 Å². The number of hydrogen-bond acceptors (Lipinski definition) is 2. The molecule has 3 aromatic rings. The van der Waals surface area contributed by atoms with Crippen LogP contribution >= 0.6 is 12.2 Å². The van der Waals surface area contributed by atoms with Crippen LogP contribution in [0, 0.1) is 13.8 Å². The fourth-order valence-corrected chi connectivity index (χ4v) is 2.76. The Labute approximate surface area is 159 Å². The number of nitrogens with one attached hydrogen (secondary N) is 2. The van der Waals surface area contributed by atoms with Crippen LogP contribution < -0.4 is 10.7 Å². The van der Waals surface area contributed by atoms with E-state index in [0.717, 1.165) is 23.5 Å². The molecule has 0 radical (unpaired) electrons. The van der Waals surface area contributed by atoms with Gasteiger partial charge >= 0.3 is 0 Å². The van der Waals surface area contributed by atoms with E-state index < -0.39 is 0 Å². The summed E-state index contributed by atoms with van der Waals surface area (Å²) in [6.07, 6.45) is 3.82. The molecular formula is C21H22N4S. The van der Waals surface area contributed by atoms with Crippen molar-refractivity contribution in [2.75, 3.05) is 5.32 Å². The average Bonchev–Trinajstić information content (AvgIpc) is 3.06. The second-order valence-electron chi connectivity index (χ2n) is 6.19. The van der Waals surface area contributed by atoms with E-state index in [-0.39, 0.29) is 0 Å². The largest absolute Gasteiger partial charge is 0.342 e. The van der Waals surface area contributed by atoms with E-state index in [1.165, 1.54) is 11.1 Å². The van der Waals surface area contributed by atoms with Crippen molar-refractivity contribution in [1.82, 2.24) is 9.99 Å². The zero-order chi connectivity index (χ0) is 18.4. The van der Waals surface area contributed by atoms with E-state index in [4.69, 9.17) is 12.2 Å². The third kappa shape index (κ3) is 4.80. The predicted molar refractivity (Wildman–Crippen MR) is 113 cm³/mol. The Morgan fingerprint density at radius 2 is 1.81 bits per heavy atom. The molecule has 4 nitrogen and oxygen atoms in total. The average molecular weight is 363 g/mol. The molecule has 0 aliphatic heterocycles. The summed E-state index contributed by atoms with van der Waals surface area (Å²) in [7, 11) is 0. The summed E-state index contributed by atoms with van der Waals surface area (Å²) >= 11 is 5.30. The molecule has 2 N–H and O–H groups in total. The van der Waals surface area contributed by atoms with Crippen molar-refractivity contribution in [3.8, 4) is 0 Å². The van der Waals surface area contributed by atoms with Crippen LogP contribution in [0.4, 0.5) is 5.69 Å². The van der Waals surface area contributed by atoms with E-state index in [1.807, 2.05) is 49.5 Å². The minimum atomic E-state index is 0.465. The summed E-state index contributed by atoms with van der Waals surface area (Å²) in [5.41, 5.74) is 8.51. The summed E-state index contributed by atoms with van der Waals surface area (Å²) in [6, 6.07) is 20.6. The highest BCUT2D eigenvalue weighted by Crippen LogP contribution is 2.12. The molecule has 0 amide bonds. The van der Waals surface area contributed by atoms with Gasteiger partial charge in [-0.3, -0.25) is 5.43 Å². The standard InChI is InChI=1S/C21H22N4S/c1-16-9-11-18(12-10-16)15-25-13-5-7-19(25)14-22-24-21(26)23-20-8-4-3-6-17(20)2/h3-14H,15H2,1-2H3,(H2,23,24,26)/b22-14-. The summed E-state index contributed by atoms with van der Waals surface area (Å²) in [5, 5.41) is 7.87. The topological polar surface area (TPSA) is 41.4 Å². The number of para-hydroxylation sites is 1. The maximum absolute atomic E-state index is 5.30. The van der Waals surface area contributed by atoms with Gasteiger partial charge in [-0.05, 0) is 55.4 Å². The number of benzene rings is 2. The molecule has 0 fully saturated rings. The van der Waals surface area contributed by atoms with Crippen LogP contribution in [0.1, 0.15) is 22.4 Å². The maximum atomic E-state index is 5.30. The van der Waals surface area contributed by atoms with E-state index >= 15 is 0 Å². The molecule has 0 saturated heterocycles. The van der Waals surface area contributed by atoms with Crippen molar-refractivity contribution in [2.45, 2.75) is 20.4 Å². The van der Waals surface area contributed by atoms with Crippen molar-refractivity contribution < 1.29 is 0 Å². The van der Waals surface area contributed by atoms with Gasteiger partial charge in [-0.1, -0.05) is 48.0 Å². The highest BCUT2D eigenvalue weighted by Gasteiger charge is 2.01. The zero-order valence-corrected chi connectivity index (χ0v) is 15.8. The van der Waals surface area contributed by atoms with Gasteiger partial charge in [-0.2, -0.15) is 5.10 Å². The third-order valence-electron chi connectivity index (χ3n) is 4.09. The lowest BCUT2D eigenvalue weighted by molar-refractivity contribution is 0.798. The molecule has 0 bridgehead atoms. The second kappa shape index (κ2) is 8.45. The van der Waals surface area contributed by atoms with Gasteiger partial charge < -0.3 is 9.88 Å². The molecule has 132 valence electrons. The molecule has 0 atom stereocenters. The van der Waals surface area contributed by atoms with Gasteiger partial charge in [0.25, 0.3) is 0 Å². The smallest absolute Gasteiger partial charge is 0.191 e. The van der Waals surface area contributed by atoms with Crippen molar-refractivity contribution >= 4 is 29.2 Å². The van der Waals surface area contributed by atoms with Crippen LogP contribution in [0.15, 0.2) is 72.0 Å². The molecule has 5 heteroatoms. The van der Waals surface area contributed by atoms with E-state index in [9.17, 15) is 0 Å². The van der Waals surface area contributed by atoms with Gasteiger partial charge in [0.05, 0.1) is 11.9 Å². The summed E-state index contributed by atoms with van der Waals surface area (Å²) in [5.74, 6) is 0. The number of hydrazone groups is 1. The fraction of sp³-hybridized carbons (Fsp3) is 0.143. The van der Waals surface area contributed by atoms with Gasteiger partial charge in [-0.15, -0.1) is 0 Å². The number of rotatable bonds is 5. The van der Waals surface area contributed by atoms with E-state index in [1.54, 1.807) is 6.21 Å². The van der Waals surface area contributed by atoms with Gasteiger partial charge in [0, 0.05) is 18.4 Å². The third-order valence-corrected chi connectivity index (χ3v) is 4.29. The van der Waals surface area contributed by atoms with E-state index in [0.29, 0.717) is 5.11 Å². The Morgan fingerprint density at radius 3 is 2.58 bits per heavy atom. The van der Waals surface area contributed by atoms with Crippen LogP contribution in [0.5, 0.6) is 0 Å². The van der Waals surface area contributed by atoms with E-state index in [2.05, 4.69) is 51.6 Å². The van der Waals surface area contributed by atoms with Crippen LogP contribution in [0.3, 0.4) is 0 Å². The van der Waals surface area contributed by atoms with Crippen molar-refractivity contribution in [3.63, 3.8) is 0 Å². The maximum Gasteiger partial charge on any atom is 0.191 e. The predicted octanol–water partition coefficient (Wildman–Crippen LogP) is 4.47. The number of hydrogen-bond donors (Lipinski definition) is 2. The number of aromatic nitrogens is 1. The molecule has 0 saturated carbocycles. The molecule has 0 aliphatic carbocycles. The number of thiocarbonyl (C=S) groups is 1. The van der Waals surface area contributed by atoms with Gasteiger partial charge in [0.15, 0.2) is 5.11 Å². The monoisotopic (exact) mass is 362 g/mol. The molecule has 1 aromatic heterocycles. The second-order valence-corrected chi connectivity index (χ2v) is 6.59. The van der Waals surface area contributed by atoms with Crippen LogP contribution in [-0.2, 0) is 6.54 Å². The number of nitrogens with zero attached hydrogens (tertiary/aromatic N) is 2. The first-order valence-electron chi connectivity index (χ1n) is 8.48. The lowest BCUT2D eigenvalue weighted by atomic mass is 10.1. The molecule has 0 spiro atoms. The first-order valence-corrected chi connectivity index (χ1v) is 8.89. The summed E-state index contributed by atoms with van der Waals surface area (Å²) < 4.78 is 2.15. The molecule has 26 heavy (non-hydrogen) atoms.